The Kier molecular flexibility index (Phi) is 2.72. The molecule has 0 saturated carbocycles. The summed E-state index contributed by atoms with van der Waals surface area (Å²) < 4.78 is 5.74. The van der Waals surface area contributed by atoms with E-state index < -0.39 is 0 Å². The number of hydrogen-bond acceptors (Lipinski definition) is 1. The van der Waals surface area contributed by atoms with Gasteiger partial charge in [-0.3, -0.25) is 0 Å². The van der Waals surface area contributed by atoms with Crippen molar-refractivity contribution in [2.45, 2.75) is 46.3 Å². The molecule has 1 nitrogen and oxygen atoms in total. The molecule has 0 radical (unpaired) electrons. The van der Waals surface area contributed by atoms with Gasteiger partial charge in [0.1, 0.15) is 0 Å². The highest BCUT2D eigenvalue weighted by Crippen LogP contribution is 2.25. The van der Waals surface area contributed by atoms with Crippen molar-refractivity contribution in [1.82, 2.24) is 0 Å². The Bertz CT molecular complexity index is 160. The van der Waals surface area contributed by atoms with Crippen LogP contribution >= 0.6 is 0 Å². The first-order chi connectivity index (χ1) is 5.15. The second-order valence-electron chi connectivity index (χ2n) is 3.49. The molecule has 0 aromatic heterocycles. The lowest BCUT2D eigenvalue weighted by molar-refractivity contribution is -0.0116. The molecule has 0 N–H and O–H groups in total. The average Bonchev–Trinajstić information content (AvgIpc) is 1.99. The van der Waals surface area contributed by atoms with Crippen LogP contribution in [-0.2, 0) is 4.74 Å². The molecule has 0 aromatic rings. The van der Waals surface area contributed by atoms with Crippen LogP contribution in [0, 0.1) is 5.92 Å². The van der Waals surface area contributed by atoms with Crippen molar-refractivity contribution in [1.29, 1.82) is 0 Å². The zero-order chi connectivity index (χ0) is 8.43. The summed E-state index contributed by atoms with van der Waals surface area (Å²) >= 11 is 0. The number of hydrogen-bond donors (Lipinski definition) is 0. The van der Waals surface area contributed by atoms with Gasteiger partial charge in [0.2, 0.25) is 0 Å². The van der Waals surface area contributed by atoms with Gasteiger partial charge < -0.3 is 4.74 Å². The molecule has 0 spiro atoms. The summed E-state index contributed by atoms with van der Waals surface area (Å²) in [7, 11) is 0. The predicted octanol–water partition coefficient (Wildman–Crippen LogP) is 2.77. The van der Waals surface area contributed by atoms with Crippen molar-refractivity contribution in [3.63, 3.8) is 0 Å². The van der Waals surface area contributed by atoms with E-state index in [2.05, 4.69) is 33.8 Å². The van der Waals surface area contributed by atoms with Gasteiger partial charge in [0.25, 0.3) is 0 Å². The lowest BCUT2D eigenvalue weighted by Crippen LogP contribution is -2.29. The predicted molar refractivity (Wildman–Crippen MR) is 47.5 cm³/mol. The second-order valence-corrected chi connectivity index (χ2v) is 3.49. The molecule has 3 unspecified atom stereocenters. The Morgan fingerprint density at radius 1 is 1.45 bits per heavy atom. The lowest BCUT2D eigenvalue weighted by atomic mass is 9.93. The molecule has 11 heavy (non-hydrogen) atoms. The standard InChI is InChI=1S/C10H18O/c1-5-10-6-7(2)8(3)9(4)11-10/h6,8-10H,5H2,1-4H3. The zero-order valence-electron chi connectivity index (χ0n) is 7.92. The third-order valence-electron chi connectivity index (χ3n) is 2.66. The average molecular weight is 154 g/mol. The van der Waals surface area contributed by atoms with Gasteiger partial charge in [-0.15, -0.1) is 0 Å². The van der Waals surface area contributed by atoms with Crippen molar-refractivity contribution in [2.75, 3.05) is 0 Å². The van der Waals surface area contributed by atoms with Crippen molar-refractivity contribution >= 4 is 0 Å². The van der Waals surface area contributed by atoms with E-state index in [1.807, 2.05) is 0 Å². The normalized spacial score (nSPS) is 38.5. The molecule has 0 aromatic carbocycles. The van der Waals surface area contributed by atoms with Crippen LogP contribution in [0.2, 0.25) is 0 Å². The molecular formula is C10H18O. The monoisotopic (exact) mass is 154 g/mol. The van der Waals surface area contributed by atoms with Gasteiger partial charge in [0.05, 0.1) is 12.2 Å². The van der Waals surface area contributed by atoms with Crippen LogP contribution in [0.15, 0.2) is 11.6 Å². The van der Waals surface area contributed by atoms with Gasteiger partial charge in [-0.1, -0.05) is 25.5 Å². The van der Waals surface area contributed by atoms with E-state index >= 15 is 0 Å². The summed E-state index contributed by atoms with van der Waals surface area (Å²) in [6, 6.07) is 0. The highest BCUT2D eigenvalue weighted by Gasteiger charge is 2.22. The highest BCUT2D eigenvalue weighted by molar-refractivity contribution is 5.10. The summed E-state index contributed by atoms with van der Waals surface area (Å²) in [5.74, 6) is 0.595. The molecule has 1 heteroatoms. The first-order valence-corrected chi connectivity index (χ1v) is 4.49. The van der Waals surface area contributed by atoms with Crippen molar-refractivity contribution in [3.05, 3.63) is 11.6 Å². The van der Waals surface area contributed by atoms with Crippen LogP contribution in [0.4, 0.5) is 0 Å². The fraction of sp³-hybridized carbons (Fsp3) is 0.800. The third kappa shape index (κ3) is 1.84. The summed E-state index contributed by atoms with van der Waals surface area (Å²) in [6.07, 6.45) is 4.10. The fourth-order valence-corrected chi connectivity index (χ4v) is 1.46. The quantitative estimate of drug-likeness (QED) is 0.528. The Balaban J connectivity index is 2.68. The van der Waals surface area contributed by atoms with Crippen LogP contribution < -0.4 is 0 Å². The van der Waals surface area contributed by atoms with E-state index in [4.69, 9.17) is 4.74 Å². The molecule has 1 aliphatic heterocycles. The number of ether oxygens (including phenoxy) is 1. The maximum atomic E-state index is 5.74. The molecule has 1 aliphatic rings. The highest BCUT2D eigenvalue weighted by atomic mass is 16.5. The molecular weight excluding hydrogens is 136 g/mol. The van der Waals surface area contributed by atoms with Gasteiger partial charge in [-0.25, -0.2) is 0 Å². The zero-order valence-corrected chi connectivity index (χ0v) is 7.92. The summed E-state index contributed by atoms with van der Waals surface area (Å²) in [5.41, 5.74) is 1.48. The lowest BCUT2D eigenvalue weighted by Gasteiger charge is -2.30. The van der Waals surface area contributed by atoms with E-state index in [1.165, 1.54) is 5.57 Å². The van der Waals surface area contributed by atoms with Crippen molar-refractivity contribution in [2.24, 2.45) is 5.92 Å². The van der Waals surface area contributed by atoms with E-state index in [-0.39, 0.29) is 0 Å². The van der Waals surface area contributed by atoms with Gasteiger partial charge in [-0.05, 0) is 20.3 Å². The second kappa shape index (κ2) is 3.40. The van der Waals surface area contributed by atoms with Crippen molar-refractivity contribution < 1.29 is 4.74 Å². The van der Waals surface area contributed by atoms with Crippen molar-refractivity contribution in [3.8, 4) is 0 Å². The smallest absolute Gasteiger partial charge is 0.0759 e. The van der Waals surface area contributed by atoms with Crippen LogP contribution in [0.1, 0.15) is 34.1 Å². The maximum absolute atomic E-state index is 5.74. The van der Waals surface area contributed by atoms with E-state index in [0.717, 1.165) is 6.42 Å². The van der Waals surface area contributed by atoms with Crippen LogP contribution in [0.25, 0.3) is 0 Å². The molecule has 0 fully saturated rings. The Labute approximate surface area is 69.4 Å². The SMILES string of the molecule is CCC1C=C(C)C(C)C(C)O1. The van der Waals surface area contributed by atoms with Crippen LogP contribution in [0.5, 0.6) is 0 Å². The largest absolute Gasteiger partial charge is 0.371 e. The Hall–Kier alpha value is -0.300. The first-order valence-electron chi connectivity index (χ1n) is 4.49. The van der Waals surface area contributed by atoms with Crippen LogP contribution in [0.3, 0.4) is 0 Å². The first kappa shape index (κ1) is 8.79. The summed E-state index contributed by atoms with van der Waals surface area (Å²) in [4.78, 5) is 0. The van der Waals surface area contributed by atoms with Gasteiger partial charge in [-0.2, -0.15) is 0 Å². The van der Waals surface area contributed by atoms with Gasteiger partial charge in [0.15, 0.2) is 0 Å². The molecule has 0 aliphatic carbocycles. The van der Waals surface area contributed by atoms with Gasteiger partial charge >= 0.3 is 0 Å². The number of rotatable bonds is 1. The molecule has 0 saturated heterocycles. The molecule has 1 heterocycles. The van der Waals surface area contributed by atoms with Gasteiger partial charge in [0, 0.05) is 5.92 Å². The summed E-state index contributed by atoms with van der Waals surface area (Å²) in [5, 5.41) is 0. The minimum atomic E-state index is 0.362. The Morgan fingerprint density at radius 3 is 2.55 bits per heavy atom. The minimum absolute atomic E-state index is 0.362. The van der Waals surface area contributed by atoms with Crippen LogP contribution in [-0.4, -0.2) is 12.2 Å². The third-order valence-corrected chi connectivity index (χ3v) is 2.66. The molecule has 3 atom stereocenters. The molecule has 64 valence electrons. The Morgan fingerprint density at radius 2 is 2.09 bits per heavy atom. The maximum Gasteiger partial charge on any atom is 0.0759 e. The minimum Gasteiger partial charge on any atom is -0.371 e. The fourth-order valence-electron chi connectivity index (χ4n) is 1.46. The topological polar surface area (TPSA) is 9.23 Å². The van der Waals surface area contributed by atoms with E-state index in [9.17, 15) is 0 Å². The molecule has 0 amide bonds. The van der Waals surface area contributed by atoms with E-state index in [0.29, 0.717) is 18.1 Å². The van der Waals surface area contributed by atoms with E-state index in [1.54, 1.807) is 0 Å². The summed E-state index contributed by atoms with van der Waals surface area (Å²) in [6.45, 7) is 8.75. The molecule has 1 rings (SSSR count). The molecule has 0 bridgehead atoms.